The van der Waals surface area contributed by atoms with Gasteiger partial charge in [0.15, 0.2) is 5.78 Å². The van der Waals surface area contributed by atoms with Gasteiger partial charge in [-0.05, 0) is 50.2 Å². The second-order valence-corrected chi connectivity index (χ2v) is 24.6. The number of benzene rings is 1. The fourth-order valence-electron chi connectivity index (χ4n) is 11.6. The molecule has 0 aliphatic carbocycles. The number of amides is 12. The van der Waals surface area contributed by atoms with Crippen LogP contribution in [0.25, 0.3) is 10.9 Å². The van der Waals surface area contributed by atoms with Gasteiger partial charge >= 0.3 is 6.03 Å². The number of primary amides is 1. The first-order valence-corrected chi connectivity index (χ1v) is 31.3. The summed E-state index contributed by atoms with van der Waals surface area (Å²) in [5.74, 6) is -11.8. The maximum Gasteiger partial charge on any atom is 0.314 e. The van der Waals surface area contributed by atoms with Crippen LogP contribution in [-0.4, -0.2) is 220 Å². The lowest BCUT2D eigenvalue weighted by Gasteiger charge is -2.40. The molecule has 5 heterocycles. The number of methoxy groups -OCH3 is 1. The van der Waals surface area contributed by atoms with Crippen LogP contribution in [0.3, 0.4) is 0 Å². The molecule has 1 fully saturated rings. The maximum absolute atomic E-state index is 15.7. The second kappa shape index (κ2) is 32.2. The normalized spacial score (nSPS) is 26.2. The van der Waals surface area contributed by atoms with E-state index in [-0.39, 0.29) is 59.6 Å². The van der Waals surface area contributed by atoms with Crippen LogP contribution in [0.15, 0.2) is 23.2 Å². The van der Waals surface area contributed by atoms with Crippen molar-refractivity contribution in [3.8, 4) is 5.75 Å². The summed E-state index contributed by atoms with van der Waals surface area (Å²) in [6, 6.07) is -6.50. The van der Waals surface area contributed by atoms with Gasteiger partial charge in [0.2, 0.25) is 64.1 Å². The first-order valence-electron chi connectivity index (χ1n) is 30.0. The number of carbonyl (C=O) groups is 12. The molecule has 2 aromatic rings. The molecule has 1 aromatic heterocycles. The molecule has 1 saturated heterocycles. The molecule has 6 bridgehead atoms. The summed E-state index contributed by atoms with van der Waals surface area (Å²) in [4.78, 5) is 169. The first kappa shape index (κ1) is 70.4. The summed E-state index contributed by atoms with van der Waals surface area (Å²) in [5.41, 5.74) is 4.14. The predicted molar refractivity (Wildman–Crippen MR) is 319 cm³/mol. The zero-order chi connectivity index (χ0) is 65.4. The Kier molecular flexibility index (Phi) is 25.5. The van der Waals surface area contributed by atoms with E-state index in [1.165, 1.54) is 28.0 Å². The number of ketones is 1. The number of fused-ring (bicyclic) bond motifs is 6. The predicted octanol–water partition coefficient (Wildman–Crippen LogP) is -5.07. The minimum absolute atomic E-state index is 0.0531. The van der Waals surface area contributed by atoms with Crippen molar-refractivity contribution in [3.05, 3.63) is 23.8 Å². The van der Waals surface area contributed by atoms with Crippen molar-refractivity contribution in [3.63, 3.8) is 0 Å². The smallest absolute Gasteiger partial charge is 0.314 e. The summed E-state index contributed by atoms with van der Waals surface area (Å²) >= 11 is -2.36. The van der Waals surface area contributed by atoms with E-state index in [9.17, 15) is 63.3 Å². The van der Waals surface area contributed by atoms with Gasteiger partial charge in [-0.2, -0.15) is 0 Å². The minimum atomic E-state index is -2.36. The third-order valence-electron chi connectivity index (χ3n) is 16.8. The van der Waals surface area contributed by atoms with E-state index in [2.05, 4.69) is 58.5 Å². The number of nitrogens with two attached hydrogens (primary N) is 1. The summed E-state index contributed by atoms with van der Waals surface area (Å²) in [7, 11) is 2.86. The number of rotatable bonds is 21. The molecule has 16 N–H and O–H groups in total. The molecule has 4 aliphatic rings. The van der Waals surface area contributed by atoms with Crippen LogP contribution < -0.4 is 69.0 Å². The van der Waals surface area contributed by atoms with Gasteiger partial charge < -0.3 is 88.4 Å². The average molecular weight is 1270 g/mol. The summed E-state index contributed by atoms with van der Waals surface area (Å²) in [6.07, 6.45) is -2.52. The molecule has 6 rings (SSSR count). The first-order chi connectivity index (χ1) is 42.3. The van der Waals surface area contributed by atoms with Crippen LogP contribution in [0.5, 0.6) is 5.75 Å². The maximum atomic E-state index is 15.7. The summed E-state index contributed by atoms with van der Waals surface area (Å²) in [5, 5.41) is 61.8. The highest BCUT2D eigenvalue weighted by molar-refractivity contribution is 7.91. The van der Waals surface area contributed by atoms with Crippen molar-refractivity contribution in [2.75, 3.05) is 59.2 Å². The molecule has 0 spiro atoms. The number of hydrogen-bond donors (Lipinski definition) is 15. The van der Waals surface area contributed by atoms with Crippen LogP contribution >= 0.6 is 0 Å². The Hall–Kier alpha value is -7.65. The van der Waals surface area contributed by atoms with Gasteiger partial charge in [0.1, 0.15) is 53.8 Å². The van der Waals surface area contributed by atoms with Gasteiger partial charge in [-0.15, -0.1) is 0 Å². The highest BCUT2D eigenvalue weighted by atomic mass is 32.2. The number of urea groups is 1. The lowest BCUT2D eigenvalue weighted by Crippen LogP contribution is -2.67. The van der Waals surface area contributed by atoms with Crippen LogP contribution in [0.4, 0.5) is 4.79 Å². The van der Waals surface area contributed by atoms with Gasteiger partial charge in [-0.1, -0.05) is 40.0 Å². The van der Waals surface area contributed by atoms with E-state index < -0.39 is 200 Å². The molecule has 13 unspecified atom stereocenters. The van der Waals surface area contributed by atoms with Crippen molar-refractivity contribution < 1.29 is 82.1 Å². The van der Waals surface area contributed by atoms with E-state index in [0.29, 0.717) is 43.9 Å². The van der Waals surface area contributed by atoms with Crippen LogP contribution in [0, 0.1) is 11.8 Å². The van der Waals surface area contributed by atoms with E-state index in [0.717, 1.165) is 4.90 Å². The zero-order valence-corrected chi connectivity index (χ0v) is 51.8. The van der Waals surface area contributed by atoms with Gasteiger partial charge in [0, 0.05) is 80.6 Å². The average Bonchev–Trinajstić information content (AvgIpc) is 1.64. The van der Waals surface area contributed by atoms with Crippen molar-refractivity contribution in [1.82, 2.24) is 68.0 Å². The lowest BCUT2D eigenvalue weighted by atomic mass is 9.85. The third-order valence-corrected chi connectivity index (χ3v) is 18.3. The number of ether oxygens (including phenoxy) is 1. The van der Waals surface area contributed by atoms with Gasteiger partial charge in [0.05, 0.1) is 63.0 Å². The monoisotopic (exact) mass is 1270 g/mol. The van der Waals surface area contributed by atoms with Crippen molar-refractivity contribution >= 4 is 93.0 Å². The Labute approximate surface area is 517 Å². The molecule has 1 aromatic carbocycles. The molecule has 0 saturated carbocycles. The van der Waals surface area contributed by atoms with Gasteiger partial charge in [0.25, 0.3) is 0 Å². The molecular formula is C57H86N14O17S. The van der Waals surface area contributed by atoms with Crippen LogP contribution in [-0.2, 0) is 76.9 Å². The van der Waals surface area contributed by atoms with E-state index >= 15 is 14.1 Å². The largest absolute Gasteiger partial charge is 0.610 e. The Bertz CT molecular complexity index is 2970. The Morgan fingerprint density at radius 2 is 1.57 bits per heavy atom. The van der Waals surface area contributed by atoms with Crippen LogP contribution in [0.2, 0.25) is 0 Å². The number of nitrogens with one attached hydrogen (secondary N) is 11. The number of hydrogen-bond acceptors (Lipinski definition) is 18. The number of unbranched alkanes of at least 4 members (excludes halogenated alkanes) is 3. The lowest BCUT2D eigenvalue weighted by molar-refractivity contribution is -0.144. The zero-order valence-electron chi connectivity index (χ0n) is 51.0. The number of aromatic nitrogens is 1. The van der Waals surface area contributed by atoms with Crippen LogP contribution in [0.1, 0.15) is 97.5 Å². The quantitative estimate of drug-likeness (QED) is 0.0411. The highest BCUT2D eigenvalue weighted by Gasteiger charge is 2.50. The molecule has 4 aliphatic heterocycles. The van der Waals surface area contributed by atoms with Gasteiger partial charge in [-0.25, -0.2) is 4.79 Å². The third kappa shape index (κ3) is 18.0. The molecule has 0 radical (unpaired) electrons. The Morgan fingerprint density at radius 1 is 0.876 bits per heavy atom. The Balaban J connectivity index is 1.49. The number of carbonyl (C=O) groups excluding carboxylic acids is 12. The molecular weight excluding hydrogens is 1180 g/mol. The molecule has 32 heteroatoms. The molecule has 12 amide bonds. The molecule has 89 heavy (non-hydrogen) atoms. The fourth-order valence-corrected chi connectivity index (χ4v) is 13.2. The summed E-state index contributed by atoms with van der Waals surface area (Å²) in [6.45, 7) is 3.07. The number of aliphatic hydroxyl groups is 3. The van der Waals surface area contributed by atoms with E-state index in [1.807, 2.05) is 0 Å². The Morgan fingerprint density at radius 3 is 2.22 bits per heavy atom. The number of nitrogens with zero attached hydrogens (tertiary/aromatic N) is 2. The van der Waals surface area contributed by atoms with E-state index in [4.69, 9.17) is 10.5 Å². The number of likely N-dealkylation sites (N-methyl/N-ethyl adjacent to an activating group) is 1. The topological polar surface area (TPSA) is 464 Å². The number of Topliss-reactive ketones (excluding diaryl/α,β-unsaturated/α-hetero) is 1. The number of aliphatic hydroxyl groups excluding tert-OH is 3. The fraction of sp³-hybridized carbons (Fsp3) is 0.649. The van der Waals surface area contributed by atoms with Crippen molar-refractivity contribution in [1.29, 1.82) is 0 Å². The highest BCUT2D eigenvalue weighted by Crippen LogP contribution is 2.38. The molecule has 31 nitrogen and oxygen atoms in total. The molecule has 492 valence electrons. The SMILES string of the molecule is CCC(C)C1NC(=O)CNC(=O)C2Cc3c4n(c5cc(OC)ccc35)CC(CCCCCNC(=O)NCCCCC(NC(C)=O)C(=O)NC)(NC(C[S+]4[O-])C(=O)NC(CC(N)=O)C(=O)N3CC(O)CC3C(=O)NC(C(C)C(O)CO)C(=O)N2)C(=O)CNC1=O. The summed E-state index contributed by atoms with van der Waals surface area (Å²) < 4.78 is 22.8. The van der Waals surface area contributed by atoms with E-state index in [1.54, 1.807) is 36.6 Å². The molecule has 13 atom stereocenters. The minimum Gasteiger partial charge on any atom is -0.610 e. The second-order valence-electron chi connectivity index (χ2n) is 23.2. The van der Waals surface area contributed by atoms with Gasteiger partial charge in [-0.3, -0.25) is 62.6 Å². The van der Waals surface area contributed by atoms with Crippen molar-refractivity contribution in [2.24, 2.45) is 17.6 Å². The standard InChI is InChI=1S/C57H86N14O17S/c1-7-29(2)46-52(83)62-23-43(76)57(16-10-8-11-17-60-56(86)61-18-12-9-13-36(48(79)59-5)64-31(4)73)28-71-40-20-33(88-6)14-15-34(40)35-21-37(49(80)63-24-45(78)67-46)65-53(84)47(30(3)42(75)26-72)68-51(82)41-19-32(74)25-70(41)54(85)38(22-44(58)77)66-50(81)39(69-57)27-89(87)55(35)71/h14-15,20,29-30,32,36-39,41-42,46-47,69,72,74-75H,7-13,16-19,21-28H2,1-6H3,(H2,58,77)(H,59,79)(H,62,83)(H,63,80)(H,64,73)(H,65,84)(H,66,81)(H,67,78)(H,68,82)(H2,60,61,86). The van der Waals surface area contributed by atoms with Crippen molar-refractivity contribution in [2.45, 2.75) is 170 Å².